The Morgan fingerprint density at radius 2 is 2.00 bits per heavy atom. The Labute approximate surface area is 114 Å². The first-order chi connectivity index (χ1) is 7.54. The first kappa shape index (κ1) is 11.9. The van der Waals surface area contributed by atoms with E-state index in [9.17, 15) is 0 Å². The van der Waals surface area contributed by atoms with Crippen molar-refractivity contribution in [1.82, 2.24) is 4.98 Å². The third kappa shape index (κ3) is 1.86. The van der Waals surface area contributed by atoms with E-state index in [2.05, 4.69) is 39.8 Å². The number of fused-ring (bicyclic) bond motifs is 1. The fourth-order valence-electron chi connectivity index (χ4n) is 1.83. The molecule has 0 bridgehead atoms. The summed E-state index contributed by atoms with van der Waals surface area (Å²) in [5.74, 6) is 0. The number of aromatic nitrogens is 1. The van der Waals surface area contributed by atoms with Crippen LogP contribution in [-0.2, 0) is 0 Å². The van der Waals surface area contributed by atoms with E-state index in [0.717, 1.165) is 30.9 Å². The van der Waals surface area contributed by atoms with Crippen molar-refractivity contribution in [3.63, 3.8) is 0 Å². The van der Waals surface area contributed by atoms with Gasteiger partial charge in [0.1, 0.15) is 0 Å². The molecule has 0 spiro atoms. The van der Waals surface area contributed by atoms with Crippen molar-refractivity contribution >= 4 is 50.8 Å². The van der Waals surface area contributed by atoms with Crippen molar-refractivity contribution in [1.29, 1.82) is 0 Å². The molecule has 0 unspecified atom stereocenters. The lowest BCUT2D eigenvalue weighted by atomic mass is 10.1. The molecule has 0 saturated heterocycles. The van der Waals surface area contributed by atoms with Gasteiger partial charge >= 0.3 is 0 Å². The largest absolute Gasteiger partial charge is 0.387 e. The van der Waals surface area contributed by atoms with Gasteiger partial charge in [0.05, 0.1) is 5.52 Å². The highest BCUT2D eigenvalue weighted by atomic mass is 127. The molecule has 0 atom stereocenters. The molecule has 1 aromatic carbocycles. The van der Waals surface area contributed by atoms with Gasteiger partial charge in [-0.1, -0.05) is 11.6 Å². The van der Waals surface area contributed by atoms with Crippen molar-refractivity contribution in [3.05, 3.63) is 32.0 Å². The monoisotopic (exact) mass is 346 g/mol. The molecule has 0 aliphatic carbocycles. The summed E-state index contributed by atoms with van der Waals surface area (Å²) >= 11 is 8.36. The average molecular weight is 347 g/mol. The van der Waals surface area contributed by atoms with Crippen LogP contribution >= 0.6 is 34.2 Å². The summed E-state index contributed by atoms with van der Waals surface area (Å²) < 4.78 is 1.08. The summed E-state index contributed by atoms with van der Waals surface area (Å²) in [6, 6.07) is 3.90. The fourth-order valence-corrected chi connectivity index (χ4v) is 2.98. The van der Waals surface area contributed by atoms with Crippen LogP contribution in [0.5, 0.6) is 0 Å². The van der Waals surface area contributed by atoms with E-state index < -0.39 is 0 Å². The molecule has 2 aromatic rings. The van der Waals surface area contributed by atoms with Crippen LogP contribution in [0, 0.1) is 17.4 Å². The Balaban J connectivity index is 2.96. The zero-order valence-corrected chi connectivity index (χ0v) is 12.3. The van der Waals surface area contributed by atoms with Crippen molar-refractivity contribution in [2.75, 3.05) is 12.4 Å². The van der Waals surface area contributed by atoms with E-state index >= 15 is 0 Å². The maximum atomic E-state index is 6.08. The quantitative estimate of drug-likeness (QED) is 0.785. The Hall–Kier alpha value is -0.550. The van der Waals surface area contributed by atoms with Crippen LogP contribution in [0.25, 0.3) is 10.9 Å². The van der Waals surface area contributed by atoms with Gasteiger partial charge < -0.3 is 5.32 Å². The first-order valence-corrected chi connectivity index (χ1v) is 6.44. The zero-order valence-electron chi connectivity index (χ0n) is 9.36. The van der Waals surface area contributed by atoms with Gasteiger partial charge in [0.15, 0.2) is 0 Å². The van der Waals surface area contributed by atoms with E-state index in [1.807, 2.05) is 26.1 Å². The second-order valence-corrected chi connectivity index (χ2v) is 5.33. The second kappa shape index (κ2) is 4.37. The Morgan fingerprint density at radius 1 is 1.31 bits per heavy atom. The van der Waals surface area contributed by atoms with Crippen LogP contribution in [-0.4, -0.2) is 12.0 Å². The molecular formula is C12H12ClIN2. The second-order valence-electron chi connectivity index (χ2n) is 3.73. The minimum absolute atomic E-state index is 0.749. The van der Waals surface area contributed by atoms with Gasteiger partial charge in [-0.3, -0.25) is 4.98 Å². The van der Waals surface area contributed by atoms with Crippen LogP contribution in [0.3, 0.4) is 0 Å². The predicted molar refractivity (Wildman–Crippen MR) is 78.5 cm³/mol. The highest BCUT2D eigenvalue weighted by Crippen LogP contribution is 2.32. The van der Waals surface area contributed by atoms with Gasteiger partial charge in [0, 0.05) is 32.4 Å². The van der Waals surface area contributed by atoms with Crippen molar-refractivity contribution in [2.24, 2.45) is 0 Å². The number of pyridine rings is 1. The lowest BCUT2D eigenvalue weighted by molar-refractivity contribution is 1.19. The molecule has 16 heavy (non-hydrogen) atoms. The standard InChI is InChI=1S/C12H12ClIN2/c1-6-7(2)16-12-9(11(6)15-3)4-8(13)5-10(12)14/h4-5H,1-3H3,(H,15,16). The molecule has 0 aliphatic rings. The van der Waals surface area contributed by atoms with Crippen LogP contribution in [0.4, 0.5) is 5.69 Å². The summed E-state index contributed by atoms with van der Waals surface area (Å²) in [6.45, 7) is 4.10. The minimum Gasteiger partial charge on any atom is -0.387 e. The minimum atomic E-state index is 0.749. The SMILES string of the molecule is CNc1c(C)c(C)nc2c(I)cc(Cl)cc12. The number of rotatable bonds is 1. The number of nitrogens with one attached hydrogen (secondary N) is 1. The Morgan fingerprint density at radius 3 is 2.62 bits per heavy atom. The molecule has 1 aromatic heterocycles. The fraction of sp³-hybridized carbons (Fsp3) is 0.250. The number of anilines is 1. The van der Waals surface area contributed by atoms with Crippen molar-refractivity contribution in [3.8, 4) is 0 Å². The number of halogens is 2. The van der Waals surface area contributed by atoms with Crippen LogP contribution in [0.15, 0.2) is 12.1 Å². The summed E-state index contributed by atoms with van der Waals surface area (Å²) in [7, 11) is 1.93. The number of hydrogen-bond acceptors (Lipinski definition) is 2. The van der Waals surface area contributed by atoms with E-state index in [-0.39, 0.29) is 0 Å². The molecule has 4 heteroatoms. The predicted octanol–water partition coefficient (Wildman–Crippen LogP) is 4.15. The highest BCUT2D eigenvalue weighted by molar-refractivity contribution is 14.1. The normalized spacial score (nSPS) is 10.8. The van der Waals surface area contributed by atoms with Gasteiger partial charge in [-0.25, -0.2) is 0 Å². The van der Waals surface area contributed by atoms with E-state index in [1.54, 1.807) is 0 Å². The Kier molecular flexibility index (Phi) is 3.26. The number of benzene rings is 1. The van der Waals surface area contributed by atoms with Crippen molar-refractivity contribution in [2.45, 2.75) is 13.8 Å². The molecule has 0 fully saturated rings. The van der Waals surface area contributed by atoms with Gasteiger partial charge in [0.2, 0.25) is 0 Å². The van der Waals surface area contributed by atoms with Crippen molar-refractivity contribution < 1.29 is 0 Å². The zero-order chi connectivity index (χ0) is 11.9. The molecular weight excluding hydrogens is 335 g/mol. The molecule has 1 N–H and O–H groups in total. The molecule has 1 heterocycles. The molecule has 0 amide bonds. The van der Waals surface area contributed by atoms with Crippen LogP contribution < -0.4 is 5.32 Å². The maximum absolute atomic E-state index is 6.08. The summed E-state index contributed by atoms with van der Waals surface area (Å²) in [5.41, 5.74) is 4.35. The summed E-state index contributed by atoms with van der Waals surface area (Å²) in [6.07, 6.45) is 0. The molecule has 84 valence electrons. The smallest absolute Gasteiger partial charge is 0.0860 e. The summed E-state index contributed by atoms with van der Waals surface area (Å²) in [4.78, 5) is 4.62. The number of aryl methyl sites for hydroxylation is 1. The van der Waals surface area contributed by atoms with E-state index in [0.29, 0.717) is 0 Å². The lowest BCUT2D eigenvalue weighted by Crippen LogP contribution is -1.99. The van der Waals surface area contributed by atoms with Crippen LogP contribution in [0.2, 0.25) is 5.02 Å². The first-order valence-electron chi connectivity index (χ1n) is 4.98. The third-order valence-electron chi connectivity index (χ3n) is 2.74. The van der Waals surface area contributed by atoms with E-state index in [4.69, 9.17) is 11.6 Å². The molecule has 2 nitrogen and oxygen atoms in total. The number of nitrogens with zero attached hydrogens (tertiary/aromatic N) is 1. The van der Waals surface area contributed by atoms with Gasteiger partial charge in [-0.2, -0.15) is 0 Å². The average Bonchev–Trinajstić information content (AvgIpc) is 2.22. The van der Waals surface area contributed by atoms with Gasteiger partial charge in [-0.05, 0) is 54.1 Å². The Bertz CT molecular complexity index is 567. The molecule has 0 radical (unpaired) electrons. The summed E-state index contributed by atoms with van der Waals surface area (Å²) in [5, 5.41) is 5.07. The lowest BCUT2D eigenvalue weighted by Gasteiger charge is -2.13. The number of hydrogen-bond donors (Lipinski definition) is 1. The topological polar surface area (TPSA) is 24.9 Å². The molecule has 0 saturated carbocycles. The third-order valence-corrected chi connectivity index (χ3v) is 3.79. The highest BCUT2D eigenvalue weighted by Gasteiger charge is 2.11. The van der Waals surface area contributed by atoms with Gasteiger partial charge in [-0.15, -0.1) is 0 Å². The maximum Gasteiger partial charge on any atom is 0.0860 e. The van der Waals surface area contributed by atoms with Crippen LogP contribution in [0.1, 0.15) is 11.3 Å². The van der Waals surface area contributed by atoms with E-state index in [1.165, 1.54) is 5.56 Å². The van der Waals surface area contributed by atoms with Gasteiger partial charge in [0.25, 0.3) is 0 Å². The molecule has 0 aliphatic heterocycles. The molecule has 2 rings (SSSR count).